The van der Waals surface area contributed by atoms with Crippen LogP contribution >= 0.6 is 0 Å². The van der Waals surface area contributed by atoms with Gasteiger partial charge in [-0.3, -0.25) is 4.79 Å². The fourth-order valence-corrected chi connectivity index (χ4v) is 3.76. The molecule has 2 rings (SSSR count). The highest BCUT2D eigenvalue weighted by Crippen LogP contribution is 2.18. The molecule has 0 atom stereocenters. The highest BCUT2D eigenvalue weighted by atomic mass is 32.2. The zero-order valence-electron chi connectivity index (χ0n) is 14.0. The van der Waals surface area contributed by atoms with E-state index in [0.717, 1.165) is 29.9 Å². The molecule has 0 bridgehead atoms. The van der Waals surface area contributed by atoms with Crippen molar-refractivity contribution in [3.05, 3.63) is 17.0 Å². The molecule has 8 heteroatoms. The Balaban J connectivity index is 1.70. The topological polar surface area (TPSA) is 92.5 Å². The average Bonchev–Trinajstić information content (AvgIpc) is 2.81. The molecule has 0 aromatic carbocycles. The van der Waals surface area contributed by atoms with Crippen molar-refractivity contribution in [1.82, 2.24) is 14.8 Å². The van der Waals surface area contributed by atoms with Crippen molar-refractivity contribution < 1.29 is 17.7 Å². The Morgan fingerprint density at radius 1 is 1.35 bits per heavy atom. The molecule has 23 heavy (non-hydrogen) atoms. The van der Waals surface area contributed by atoms with E-state index in [4.69, 9.17) is 4.52 Å². The number of hydrogen-bond donors (Lipinski definition) is 1. The second-order valence-corrected chi connectivity index (χ2v) is 8.19. The van der Waals surface area contributed by atoms with Crippen LogP contribution in [-0.4, -0.2) is 49.7 Å². The number of amides is 1. The summed E-state index contributed by atoms with van der Waals surface area (Å²) in [6.45, 7) is 5.41. The van der Waals surface area contributed by atoms with Gasteiger partial charge in [0.05, 0.1) is 11.9 Å². The van der Waals surface area contributed by atoms with Gasteiger partial charge in [-0.2, -0.15) is 0 Å². The normalized spacial score (nSPS) is 17.3. The minimum absolute atomic E-state index is 0.00976. The number of nitrogens with zero attached hydrogens (tertiary/aromatic N) is 2. The highest BCUT2D eigenvalue weighted by molar-refractivity contribution is 7.88. The second-order valence-electron chi connectivity index (χ2n) is 6.21. The summed E-state index contributed by atoms with van der Waals surface area (Å²) in [6.07, 6.45) is 3.85. The molecular formula is C15H25N3O4S. The van der Waals surface area contributed by atoms with Gasteiger partial charge < -0.3 is 9.84 Å². The Hall–Kier alpha value is -1.41. The standard InChI is InChI=1S/C15H25N3O4S/c1-11-14(12(2)22-17-11)4-5-15(19)16-10-13-6-8-18(9-7-13)23(3,20)21/h13H,4-10H2,1-3H3,(H,16,19). The third kappa shape index (κ3) is 5.04. The van der Waals surface area contributed by atoms with Crippen LogP contribution in [0.25, 0.3) is 0 Å². The van der Waals surface area contributed by atoms with Crippen LogP contribution in [0.2, 0.25) is 0 Å². The first-order chi connectivity index (χ1) is 10.8. The van der Waals surface area contributed by atoms with Gasteiger partial charge >= 0.3 is 0 Å². The Labute approximate surface area is 137 Å². The molecule has 1 aliphatic heterocycles. The van der Waals surface area contributed by atoms with Gasteiger partial charge in [0, 0.05) is 31.6 Å². The molecule has 1 aromatic rings. The molecule has 2 heterocycles. The SMILES string of the molecule is Cc1noc(C)c1CCC(=O)NCC1CCN(S(C)(=O)=O)CC1. The fourth-order valence-electron chi connectivity index (χ4n) is 2.89. The van der Waals surface area contributed by atoms with E-state index in [1.807, 2.05) is 13.8 Å². The van der Waals surface area contributed by atoms with E-state index in [-0.39, 0.29) is 5.91 Å². The molecule has 7 nitrogen and oxygen atoms in total. The number of aryl methyl sites for hydroxylation is 2. The van der Waals surface area contributed by atoms with Crippen molar-refractivity contribution in [2.24, 2.45) is 5.92 Å². The number of carbonyl (C=O) groups is 1. The van der Waals surface area contributed by atoms with Crippen LogP contribution in [0.1, 0.15) is 36.3 Å². The molecule has 0 aliphatic carbocycles. The molecule has 1 N–H and O–H groups in total. The molecule has 130 valence electrons. The van der Waals surface area contributed by atoms with Crippen molar-refractivity contribution >= 4 is 15.9 Å². The molecule has 0 saturated carbocycles. The van der Waals surface area contributed by atoms with Crippen molar-refractivity contribution in [3.63, 3.8) is 0 Å². The summed E-state index contributed by atoms with van der Waals surface area (Å²) in [5, 5.41) is 6.83. The lowest BCUT2D eigenvalue weighted by Crippen LogP contribution is -2.41. The van der Waals surface area contributed by atoms with E-state index in [1.165, 1.54) is 10.6 Å². The van der Waals surface area contributed by atoms with Crippen LogP contribution in [0.15, 0.2) is 4.52 Å². The molecule has 1 fully saturated rings. The van der Waals surface area contributed by atoms with Gasteiger partial charge in [0.25, 0.3) is 0 Å². The van der Waals surface area contributed by atoms with Gasteiger partial charge in [-0.15, -0.1) is 0 Å². The van der Waals surface area contributed by atoms with E-state index in [2.05, 4.69) is 10.5 Å². The summed E-state index contributed by atoms with van der Waals surface area (Å²) < 4.78 is 29.5. The van der Waals surface area contributed by atoms with Crippen molar-refractivity contribution in [1.29, 1.82) is 0 Å². The first-order valence-electron chi connectivity index (χ1n) is 7.91. The first-order valence-corrected chi connectivity index (χ1v) is 9.75. The van der Waals surface area contributed by atoms with Gasteiger partial charge in [-0.25, -0.2) is 12.7 Å². The Bertz CT molecular complexity index is 626. The number of piperidine rings is 1. The smallest absolute Gasteiger partial charge is 0.220 e. The lowest BCUT2D eigenvalue weighted by atomic mass is 9.98. The van der Waals surface area contributed by atoms with Gasteiger partial charge in [0.1, 0.15) is 5.76 Å². The number of carbonyl (C=O) groups excluding carboxylic acids is 1. The zero-order chi connectivity index (χ0) is 17.0. The average molecular weight is 343 g/mol. The monoisotopic (exact) mass is 343 g/mol. The summed E-state index contributed by atoms with van der Waals surface area (Å²) in [6, 6.07) is 0. The van der Waals surface area contributed by atoms with Crippen molar-refractivity contribution in [2.75, 3.05) is 25.9 Å². The molecule has 1 aromatic heterocycles. The molecule has 0 spiro atoms. The lowest BCUT2D eigenvalue weighted by Gasteiger charge is -2.30. The maximum atomic E-state index is 12.0. The first kappa shape index (κ1) is 17.9. The van der Waals surface area contributed by atoms with Gasteiger partial charge in [0.15, 0.2) is 0 Å². The number of hydrogen-bond acceptors (Lipinski definition) is 5. The lowest BCUT2D eigenvalue weighted by molar-refractivity contribution is -0.121. The molecule has 0 radical (unpaired) electrons. The number of nitrogens with one attached hydrogen (secondary N) is 1. The van der Waals surface area contributed by atoms with Gasteiger partial charge in [-0.1, -0.05) is 5.16 Å². The second kappa shape index (κ2) is 7.44. The molecule has 0 unspecified atom stereocenters. The van der Waals surface area contributed by atoms with Crippen LogP contribution in [0.5, 0.6) is 0 Å². The van der Waals surface area contributed by atoms with Crippen molar-refractivity contribution in [3.8, 4) is 0 Å². The Morgan fingerprint density at radius 3 is 2.52 bits per heavy atom. The summed E-state index contributed by atoms with van der Waals surface area (Å²) in [5.74, 6) is 1.12. The van der Waals surface area contributed by atoms with Crippen LogP contribution in [-0.2, 0) is 21.2 Å². The zero-order valence-corrected chi connectivity index (χ0v) is 14.8. The van der Waals surface area contributed by atoms with Crippen LogP contribution in [0.3, 0.4) is 0 Å². The minimum Gasteiger partial charge on any atom is -0.361 e. The van der Waals surface area contributed by atoms with Crippen LogP contribution in [0, 0.1) is 19.8 Å². The number of rotatable bonds is 6. The third-order valence-electron chi connectivity index (χ3n) is 4.41. The maximum Gasteiger partial charge on any atom is 0.220 e. The van der Waals surface area contributed by atoms with E-state index >= 15 is 0 Å². The number of aromatic nitrogens is 1. The van der Waals surface area contributed by atoms with E-state index in [0.29, 0.717) is 38.4 Å². The Kier molecular flexibility index (Phi) is 5.80. The molecule has 1 saturated heterocycles. The summed E-state index contributed by atoms with van der Waals surface area (Å²) in [4.78, 5) is 12.0. The summed E-state index contributed by atoms with van der Waals surface area (Å²) >= 11 is 0. The van der Waals surface area contributed by atoms with Gasteiger partial charge in [0.2, 0.25) is 15.9 Å². The van der Waals surface area contributed by atoms with E-state index < -0.39 is 10.0 Å². The molecular weight excluding hydrogens is 318 g/mol. The maximum absolute atomic E-state index is 12.0. The summed E-state index contributed by atoms with van der Waals surface area (Å²) in [5.41, 5.74) is 1.84. The number of sulfonamides is 1. The van der Waals surface area contributed by atoms with E-state index in [1.54, 1.807) is 0 Å². The van der Waals surface area contributed by atoms with Gasteiger partial charge in [-0.05, 0) is 39.0 Å². The van der Waals surface area contributed by atoms with Crippen molar-refractivity contribution in [2.45, 2.75) is 39.5 Å². The highest BCUT2D eigenvalue weighted by Gasteiger charge is 2.25. The molecule has 1 amide bonds. The molecule has 1 aliphatic rings. The summed E-state index contributed by atoms with van der Waals surface area (Å²) in [7, 11) is -3.09. The predicted octanol–water partition coefficient (Wildman–Crippen LogP) is 1.01. The van der Waals surface area contributed by atoms with Crippen LogP contribution in [0.4, 0.5) is 0 Å². The fraction of sp³-hybridized carbons (Fsp3) is 0.733. The quantitative estimate of drug-likeness (QED) is 0.832. The van der Waals surface area contributed by atoms with E-state index in [9.17, 15) is 13.2 Å². The Morgan fingerprint density at radius 2 is 2.00 bits per heavy atom. The third-order valence-corrected chi connectivity index (χ3v) is 5.72. The van der Waals surface area contributed by atoms with Crippen LogP contribution < -0.4 is 5.32 Å². The largest absolute Gasteiger partial charge is 0.361 e. The minimum atomic E-state index is -3.09. The predicted molar refractivity (Wildman–Crippen MR) is 86.4 cm³/mol.